The number of ketones is 1. The standard InChI is InChI=1S/C32H30Cl2N2O5.C30H26Cl2N2O5.C23H18Cl2N2O3.C10H13F3O5S.C9H14O3/c1-2-39-30(37)19-8-10-20(11-9-19)36-26-13-12-21(16-23(26)32(14-15-32)31(36)38)40-17-22-28(35-41-29(22)18-6-7-18)27-24(33)4-3-5-25(27)34;31-22-2-1-3-23(32)25(22)26-20(27(39-33-26)16-4-5-16)15-38-19-10-11-24-21(14-19)30(12-13-30)29(37)34(24)18-8-6-17(7-9-18)28(35)36;24-16-2-1-3-17(25)19(16)20-14(21(30-27-20)12-4-5-12)11-29-13-6-7-18-15(10-13)23(8-9-23)22(28)26-18;1-2-17-9(14)7-3-5-8(6-4-7)18-19(15,16)10(11,12)13;1-2-12-9(11)7-3-5-8(10)6-4-7/h3-5,10,12-13,16,18-19H,2,6-9,11,14-15,17H2,1H3;1-3,8,10-11,14,16-17H,4-7,9,12-13,15H2,(H,35,36);1-3,6-7,10,12H,4-5,8-9,11H2,(H,26,28);5,7H,2-4,6H2,1H3;7H,2-6H2,1H3. The lowest BCUT2D eigenvalue weighted by Crippen LogP contribution is -2.33. The van der Waals surface area contributed by atoms with Gasteiger partial charge in [0.1, 0.15) is 83.0 Å². The largest absolute Gasteiger partial charge is 0.534 e. The van der Waals surface area contributed by atoms with Gasteiger partial charge in [-0.15, -0.1) is 0 Å². The molecule has 3 amide bonds. The van der Waals surface area contributed by atoms with Crippen LogP contribution in [-0.4, -0.2) is 102 Å². The topological polar surface area (TPSA) is 352 Å². The maximum absolute atomic E-state index is 13.7. The molecule has 742 valence electrons. The van der Waals surface area contributed by atoms with Gasteiger partial charge < -0.3 is 56.6 Å². The lowest BCUT2D eigenvalue weighted by atomic mass is 9.88. The number of esters is 3. The highest BCUT2D eigenvalue weighted by molar-refractivity contribution is 7.87. The van der Waals surface area contributed by atoms with E-state index in [1.165, 1.54) is 6.08 Å². The van der Waals surface area contributed by atoms with Gasteiger partial charge in [-0.2, -0.15) is 21.6 Å². The number of benzene rings is 6. The van der Waals surface area contributed by atoms with E-state index in [-0.39, 0.29) is 103 Å². The van der Waals surface area contributed by atoms with Crippen LogP contribution in [0.15, 0.2) is 158 Å². The molecule has 22 rings (SSSR count). The number of carboxylic acid groups (broad SMARTS) is 1. The number of Topliss-reactive ketones (excluding diaryl/α,β-unsaturated/α-hetero) is 1. The van der Waals surface area contributed by atoms with Crippen LogP contribution in [0.25, 0.3) is 33.8 Å². The SMILES string of the molecule is CCOC(=O)C1CC=C(N2C(=O)C3(CC3)c3cc(OCc4c(-c5c(Cl)cccc5Cl)noc4C4CC4)ccc32)CC1.CCOC(=O)C1CC=C(OS(=O)(=O)C(F)(F)F)CC1.CCOC(=O)C1CCC(=O)CC1.O=C(O)C1CC=C(N2C(=O)C3(CC3)c3cc(OCc4c(-c5c(Cl)cccc5Cl)noc4C4CC4)ccc32)CC1.O=C1Nc2ccc(OCc3c(-c4c(Cl)cccc4Cl)noc3C3CC3)cc2C12CC2. The van der Waals surface area contributed by atoms with Gasteiger partial charge in [-0.1, -0.05) is 115 Å². The Morgan fingerprint density at radius 3 is 1.13 bits per heavy atom. The van der Waals surface area contributed by atoms with E-state index in [9.17, 15) is 65.1 Å². The fourth-order valence-electron chi connectivity index (χ4n) is 19.5. The molecule has 37 heteroatoms. The minimum absolute atomic E-state index is 0.0253. The van der Waals surface area contributed by atoms with Crippen LogP contribution in [0, 0.1) is 23.7 Å². The number of allylic oxidation sites excluding steroid dienone is 6. The molecule has 7 fully saturated rings. The van der Waals surface area contributed by atoms with Gasteiger partial charge in [-0.05, 0) is 276 Å². The molecule has 9 aromatic rings. The highest BCUT2D eigenvalue weighted by atomic mass is 35.5. The molecule has 7 saturated carbocycles. The highest BCUT2D eigenvalue weighted by Crippen LogP contribution is 2.63. The first-order chi connectivity index (χ1) is 67.8. The number of rotatable bonds is 26. The van der Waals surface area contributed by atoms with Crippen molar-refractivity contribution in [3.63, 3.8) is 0 Å². The number of alkyl halides is 3. The average molecular weight is 2070 g/mol. The van der Waals surface area contributed by atoms with Crippen LogP contribution in [0.3, 0.4) is 0 Å². The third kappa shape index (κ3) is 20.9. The van der Waals surface area contributed by atoms with Crippen LogP contribution in [0.4, 0.5) is 30.2 Å². The number of amides is 3. The number of halogens is 9. The van der Waals surface area contributed by atoms with Gasteiger partial charge in [0.25, 0.3) is 0 Å². The van der Waals surface area contributed by atoms with E-state index < -0.39 is 44.3 Å². The number of aromatic nitrogens is 3. The van der Waals surface area contributed by atoms with Crippen molar-refractivity contribution in [3.05, 3.63) is 225 Å². The van der Waals surface area contributed by atoms with Gasteiger partial charge in [0.2, 0.25) is 17.7 Å². The molecule has 0 radical (unpaired) electrons. The second-order valence-electron chi connectivity index (χ2n) is 37.5. The number of carboxylic acids is 1. The third-order valence-corrected chi connectivity index (χ3v) is 31.0. The summed E-state index contributed by atoms with van der Waals surface area (Å²) in [5.74, 6) is 3.28. The summed E-state index contributed by atoms with van der Waals surface area (Å²) in [7, 11) is -5.63. The summed E-state index contributed by atoms with van der Waals surface area (Å²) in [6.45, 7) is 7.05. The van der Waals surface area contributed by atoms with Gasteiger partial charge >= 0.3 is 39.5 Å². The zero-order valence-electron chi connectivity index (χ0n) is 77.2. The smallest absolute Gasteiger partial charge is 0.489 e. The lowest BCUT2D eigenvalue weighted by Gasteiger charge is -2.27. The van der Waals surface area contributed by atoms with E-state index in [2.05, 4.69) is 25.0 Å². The van der Waals surface area contributed by atoms with E-state index >= 15 is 0 Å². The molecule has 10 aliphatic carbocycles. The maximum atomic E-state index is 13.7. The van der Waals surface area contributed by atoms with Crippen molar-refractivity contribution in [2.75, 3.05) is 34.9 Å². The molecule has 0 bridgehead atoms. The fourth-order valence-corrected chi connectivity index (χ4v) is 21.7. The zero-order valence-corrected chi connectivity index (χ0v) is 82.6. The van der Waals surface area contributed by atoms with E-state index in [0.717, 1.165) is 162 Å². The Kier molecular flexibility index (Phi) is 29.2. The Morgan fingerprint density at radius 1 is 0.454 bits per heavy atom. The third-order valence-electron chi connectivity index (χ3n) is 28.1. The first-order valence-electron chi connectivity index (χ1n) is 47.7. The number of nitrogens with one attached hydrogen (secondary N) is 1. The van der Waals surface area contributed by atoms with Gasteiger partial charge in [0, 0.05) is 70.8 Å². The minimum atomic E-state index is -5.63. The number of hydrogen-bond acceptors (Lipinski definition) is 23. The molecular formula is C104H101Cl6F3N6O21S. The van der Waals surface area contributed by atoms with Crippen LogP contribution in [0.5, 0.6) is 17.2 Å². The number of anilines is 3. The zero-order chi connectivity index (χ0) is 99.3. The molecule has 0 saturated heterocycles. The number of carbonyl (C=O) groups excluding carboxylic acids is 7. The summed E-state index contributed by atoms with van der Waals surface area (Å²) < 4.78 is 113. The Bertz CT molecular complexity index is 6590. The van der Waals surface area contributed by atoms with Crippen molar-refractivity contribution in [2.45, 2.75) is 241 Å². The summed E-state index contributed by atoms with van der Waals surface area (Å²) in [5, 5.41) is 28.4. The Hall–Kier alpha value is -11.2. The molecule has 6 aromatic carbocycles. The van der Waals surface area contributed by atoms with Crippen LogP contribution in [0.1, 0.15) is 250 Å². The van der Waals surface area contributed by atoms with E-state index in [1.807, 2.05) is 83.5 Å². The monoisotopic (exact) mass is 2070 g/mol. The van der Waals surface area contributed by atoms with E-state index in [4.69, 9.17) is 112 Å². The molecule has 3 aliphatic heterocycles. The molecule has 3 aromatic heterocycles. The average Bonchev–Trinajstić information content (AvgIpc) is 1.53. The fraction of sp³-hybridized carbons (Fsp3) is 0.433. The number of aliphatic carboxylic acids is 1. The molecule has 6 heterocycles. The number of ether oxygens (including phenoxy) is 6. The first kappa shape index (κ1) is 99.9. The quantitative estimate of drug-likeness (QED) is 0.0220. The minimum Gasteiger partial charge on any atom is -0.489 e. The van der Waals surface area contributed by atoms with Crippen molar-refractivity contribution >= 4 is 144 Å². The predicted molar refractivity (Wildman–Crippen MR) is 517 cm³/mol. The van der Waals surface area contributed by atoms with Crippen molar-refractivity contribution in [3.8, 4) is 51.0 Å². The van der Waals surface area contributed by atoms with Gasteiger partial charge in [0.05, 0.1) is 118 Å². The van der Waals surface area contributed by atoms with Crippen LogP contribution < -0.4 is 29.3 Å². The summed E-state index contributed by atoms with van der Waals surface area (Å²) in [5.41, 5.74) is 7.10. The molecule has 141 heavy (non-hydrogen) atoms. The lowest BCUT2D eigenvalue weighted by molar-refractivity contribution is -0.150. The summed E-state index contributed by atoms with van der Waals surface area (Å²) in [6, 6.07) is 33.6. The molecule has 3 atom stereocenters. The van der Waals surface area contributed by atoms with E-state index in [0.29, 0.717) is 177 Å². The van der Waals surface area contributed by atoms with Crippen molar-refractivity contribution in [1.82, 2.24) is 15.5 Å². The Labute approximate surface area is 840 Å². The number of fused-ring (bicyclic) bond motifs is 6. The Morgan fingerprint density at radius 2 is 0.801 bits per heavy atom. The van der Waals surface area contributed by atoms with Crippen molar-refractivity contribution in [2.24, 2.45) is 23.7 Å². The van der Waals surface area contributed by atoms with Crippen LogP contribution >= 0.6 is 69.6 Å². The first-order valence-corrected chi connectivity index (χ1v) is 51.4. The summed E-state index contributed by atoms with van der Waals surface area (Å²) >= 11 is 38.9. The van der Waals surface area contributed by atoms with Gasteiger partial charge in [-0.3, -0.25) is 48.2 Å². The van der Waals surface area contributed by atoms with Crippen LogP contribution in [0.2, 0.25) is 30.1 Å². The second-order valence-corrected chi connectivity index (χ2v) is 41.5. The molecule has 3 unspecified atom stereocenters. The highest BCUT2D eigenvalue weighted by Gasteiger charge is 2.62. The molecule has 27 nitrogen and oxygen atoms in total. The van der Waals surface area contributed by atoms with Crippen molar-refractivity contribution in [1.29, 1.82) is 0 Å². The summed E-state index contributed by atoms with van der Waals surface area (Å²) in [6.07, 6.45) is 22.6. The van der Waals surface area contributed by atoms with Gasteiger partial charge in [0.15, 0.2) is 0 Å². The van der Waals surface area contributed by atoms with Crippen LogP contribution in [-0.2, 0) is 103 Å². The Balaban J connectivity index is 0.000000123. The second kappa shape index (κ2) is 41.3. The predicted octanol–water partition coefficient (Wildman–Crippen LogP) is 24.5. The summed E-state index contributed by atoms with van der Waals surface area (Å²) in [4.78, 5) is 100. The number of hydrogen-bond donors (Lipinski definition) is 2. The molecule has 13 aliphatic rings. The molecule has 3 spiro atoms. The number of nitrogens with zero attached hydrogens (tertiary/aromatic N) is 5. The molecular weight excluding hydrogens is 1970 g/mol. The maximum Gasteiger partial charge on any atom is 0.534 e. The van der Waals surface area contributed by atoms with Crippen molar-refractivity contribution < 1.29 is 111 Å². The number of carbonyl (C=O) groups is 8. The normalized spacial score (nSPS) is 20.2. The van der Waals surface area contributed by atoms with E-state index in [1.54, 1.807) is 68.4 Å². The molecule has 2 N–H and O–H groups in total. The van der Waals surface area contributed by atoms with Gasteiger partial charge in [-0.25, -0.2) is 0 Å².